The Bertz CT molecular complexity index is 798. The summed E-state index contributed by atoms with van der Waals surface area (Å²) in [6.45, 7) is 7.88. The van der Waals surface area contributed by atoms with Gasteiger partial charge in [-0.1, -0.05) is 25.8 Å². The highest BCUT2D eigenvalue weighted by molar-refractivity contribution is 5.85. The van der Waals surface area contributed by atoms with Crippen LogP contribution in [0.25, 0.3) is 0 Å². The number of rotatable bonds is 7. The second-order valence-electron chi connectivity index (χ2n) is 9.17. The molecule has 3 rings (SSSR count). The molecule has 1 amide bonds. The molecule has 2 N–H and O–H groups in total. The maximum Gasteiger partial charge on any atom is 0.230 e. The van der Waals surface area contributed by atoms with Crippen LogP contribution < -0.4 is 15.5 Å². The first-order chi connectivity index (χ1) is 15.4. The number of piperazine rings is 1. The largest absolute Gasteiger partial charge is 0.367 e. The average Bonchev–Trinajstić information content (AvgIpc) is 3.29. The molecule has 1 aliphatic carbocycles. The van der Waals surface area contributed by atoms with E-state index in [1.165, 1.54) is 0 Å². The van der Waals surface area contributed by atoms with Gasteiger partial charge in [-0.25, -0.2) is 4.39 Å². The minimum Gasteiger partial charge on any atom is -0.367 e. The van der Waals surface area contributed by atoms with Crippen LogP contribution in [0.3, 0.4) is 0 Å². The third-order valence-electron chi connectivity index (χ3n) is 6.87. The Morgan fingerprint density at radius 1 is 1.16 bits per heavy atom. The molecule has 1 aliphatic heterocycles. The lowest BCUT2D eigenvalue weighted by Gasteiger charge is -2.35. The number of guanidine groups is 1. The van der Waals surface area contributed by atoms with Gasteiger partial charge in [-0.15, -0.1) is 0 Å². The van der Waals surface area contributed by atoms with Crippen LogP contribution in [0.4, 0.5) is 10.1 Å². The van der Waals surface area contributed by atoms with Gasteiger partial charge in [0.15, 0.2) is 5.96 Å². The lowest BCUT2D eigenvalue weighted by Crippen LogP contribution is -2.49. The van der Waals surface area contributed by atoms with Crippen LogP contribution in [0.5, 0.6) is 0 Å². The zero-order valence-corrected chi connectivity index (χ0v) is 20.1. The molecule has 1 aromatic carbocycles. The summed E-state index contributed by atoms with van der Waals surface area (Å²) in [6, 6.07) is 5.46. The molecule has 2 fully saturated rings. The fourth-order valence-electron chi connectivity index (χ4n) is 4.87. The van der Waals surface area contributed by atoms with E-state index < -0.39 is 0 Å². The van der Waals surface area contributed by atoms with Gasteiger partial charge in [0, 0.05) is 60.4 Å². The Morgan fingerprint density at radius 2 is 1.84 bits per heavy atom. The Morgan fingerprint density at radius 3 is 2.41 bits per heavy atom. The van der Waals surface area contributed by atoms with Crippen LogP contribution >= 0.6 is 0 Å². The van der Waals surface area contributed by atoms with E-state index >= 15 is 0 Å². The minimum atomic E-state index is -0.364. The van der Waals surface area contributed by atoms with E-state index in [1.807, 2.05) is 26.2 Å². The van der Waals surface area contributed by atoms with Gasteiger partial charge in [-0.3, -0.25) is 9.79 Å². The van der Waals surface area contributed by atoms with Gasteiger partial charge >= 0.3 is 0 Å². The molecule has 8 heteroatoms. The van der Waals surface area contributed by atoms with Crippen LogP contribution in [-0.2, 0) is 11.3 Å². The molecule has 1 heterocycles. The highest BCUT2D eigenvalue weighted by Crippen LogP contribution is 2.38. The van der Waals surface area contributed by atoms with E-state index in [-0.39, 0.29) is 17.1 Å². The van der Waals surface area contributed by atoms with Gasteiger partial charge in [0.1, 0.15) is 5.82 Å². The Kier molecular flexibility index (Phi) is 8.34. The Labute approximate surface area is 192 Å². The number of hydrogen-bond acceptors (Lipinski definition) is 4. The summed E-state index contributed by atoms with van der Waals surface area (Å²) in [5, 5.41) is 6.59. The van der Waals surface area contributed by atoms with Crippen molar-refractivity contribution in [2.24, 2.45) is 10.4 Å². The van der Waals surface area contributed by atoms with E-state index in [4.69, 9.17) is 0 Å². The standard InChI is InChI=1S/C24H39FN6O/c1-5-30-12-14-31(15-13-30)21-9-8-19(16-20(21)25)17-27-23(26-2)28-18-24(10-6-7-11-24)22(32)29(3)4/h8-9,16H,5-7,10-15,17-18H2,1-4H3,(H2,26,27,28). The third kappa shape index (κ3) is 5.71. The van der Waals surface area contributed by atoms with Crippen LogP contribution in [0.1, 0.15) is 38.2 Å². The Hall–Kier alpha value is -2.35. The maximum absolute atomic E-state index is 14.8. The molecule has 0 bridgehead atoms. The smallest absolute Gasteiger partial charge is 0.230 e. The number of nitrogens with zero attached hydrogens (tertiary/aromatic N) is 4. The predicted octanol–water partition coefficient (Wildman–Crippen LogP) is 2.28. The average molecular weight is 447 g/mol. The molecule has 1 saturated heterocycles. The zero-order chi connectivity index (χ0) is 23.1. The molecule has 0 radical (unpaired) electrons. The van der Waals surface area contributed by atoms with Crippen LogP contribution in [0, 0.1) is 11.2 Å². The van der Waals surface area contributed by atoms with Crippen molar-refractivity contribution < 1.29 is 9.18 Å². The van der Waals surface area contributed by atoms with Gasteiger partial charge < -0.3 is 25.3 Å². The fraction of sp³-hybridized carbons (Fsp3) is 0.667. The molecule has 32 heavy (non-hydrogen) atoms. The second-order valence-corrected chi connectivity index (χ2v) is 9.17. The quantitative estimate of drug-likeness (QED) is 0.497. The van der Waals surface area contributed by atoms with Crippen LogP contribution in [-0.4, -0.2) is 82.1 Å². The van der Waals surface area contributed by atoms with Crippen LogP contribution in [0.2, 0.25) is 0 Å². The summed E-state index contributed by atoms with van der Waals surface area (Å²) in [5.41, 5.74) is 1.18. The van der Waals surface area contributed by atoms with Crippen molar-refractivity contribution in [1.29, 1.82) is 0 Å². The topological polar surface area (TPSA) is 63.2 Å². The zero-order valence-electron chi connectivity index (χ0n) is 20.1. The van der Waals surface area contributed by atoms with E-state index in [2.05, 4.69) is 32.3 Å². The van der Waals surface area contributed by atoms with Crippen molar-refractivity contribution in [3.63, 3.8) is 0 Å². The number of aliphatic imine (C=N–C) groups is 1. The first-order valence-electron chi connectivity index (χ1n) is 11.8. The summed E-state index contributed by atoms with van der Waals surface area (Å²) in [5.74, 6) is 0.622. The molecule has 2 aliphatic rings. The van der Waals surface area contributed by atoms with Gasteiger partial charge in [0.05, 0.1) is 11.1 Å². The molecular weight excluding hydrogens is 407 g/mol. The second kappa shape index (κ2) is 11.0. The van der Waals surface area contributed by atoms with Crippen molar-refractivity contribution >= 4 is 17.6 Å². The molecule has 0 spiro atoms. The Balaban J connectivity index is 1.55. The number of amides is 1. The number of carbonyl (C=O) groups is 1. The van der Waals surface area contributed by atoms with Crippen molar-refractivity contribution in [2.75, 3.05) is 65.3 Å². The molecule has 7 nitrogen and oxygen atoms in total. The molecule has 0 unspecified atom stereocenters. The van der Waals surface area contributed by atoms with E-state index in [9.17, 15) is 9.18 Å². The molecule has 1 aromatic rings. The highest BCUT2D eigenvalue weighted by Gasteiger charge is 2.42. The first kappa shape index (κ1) is 24.3. The third-order valence-corrected chi connectivity index (χ3v) is 6.87. The van der Waals surface area contributed by atoms with E-state index in [0.29, 0.717) is 24.7 Å². The van der Waals surface area contributed by atoms with E-state index in [1.54, 1.807) is 18.0 Å². The van der Waals surface area contributed by atoms with Gasteiger partial charge in [0.25, 0.3) is 0 Å². The fourth-order valence-corrected chi connectivity index (χ4v) is 4.87. The van der Waals surface area contributed by atoms with Crippen LogP contribution in [0.15, 0.2) is 23.2 Å². The van der Waals surface area contributed by atoms with Crippen molar-refractivity contribution in [1.82, 2.24) is 20.4 Å². The number of carbonyl (C=O) groups excluding carboxylic acids is 1. The number of halogens is 1. The van der Waals surface area contributed by atoms with Gasteiger partial charge in [-0.05, 0) is 37.1 Å². The molecule has 0 atom stereocenters. The van der Waals surface area contributed by atoms with Crippen molar-refractivity contribution in [2.45, 2.75) is 39.2 Å². The molecule has 0 aromatic heterocycles. The number of anilines is 1. The summed E-state index contributed by atoms with van der Waals surface area (Å²) < 4.78 is 14.8. The van der Waals surface area contributed by atoms with Gasteiger partial charge in [0.2, 0.25) is 5.91 Å². The van der Waals surface area contributed by atoms with Gasteiger partial charge in [-0.2, -0.15) is 0 Å². The predicted molar refractivity (Wildman–Crippen MR) is 129 cm³/mol. The number of hydrogen-bond donors (Lipinski definition) is 2. The normalized spacial score (nSPS) is 19.2. The van der Waals surface area contributed by atoms with Crippen molar-refractivity contribution in [3.05, 3.63) is 29.6 Å². The summed E-state index contributed by atoms with van der Waals surface area (Å²) in [6.07, 6.45) is 3.94. The summed E-state index contributed by atoms with van der Waals surface area (Å²) in [4.78, 5) is 23.2. The summed E-state index contributed by atoms with van der Waals surface area (Å²) >= 11 is 0. The molecule has 178 valence electrons. The number of likely N-dealkylation sites (N-methyl/N-ethyl adjacent to an activating group) is 1. The summed E-state index contributed by atoms with van der Waals surface area (Å²) in [7, 11) is 5.35. The highest BCUT2D eigenvalue weighted by atomic mass is 19.1. The minimum absolute atomic E-state index is 0.176. The molecular formula is C24H39FN6O. The lowest BCUT2D eigenvalue weighted by molar-refractivity contribution is -0.138. The van der Waals surface area contributed by atoms with Crippen molar-refractivity contribution in [3.8, 4) is 0 Å². The molecule has 1 saturated carbocycles. The lowest BCUT2D eigenvalue weighted by atomic mass is 9.84. The van der Waals surface area contributed by atoms with E-state index in [0.717, 1.165) is 64.0 Å². The maximum atomic E-state index is 14.8. The number of benzene rings is 1. The monoisotopic (exact) mass is 446 g/mol. The SMILES string of the molecule is CCN1CCN(c2ccc(CNC(=NC)NCC3(C(=O)N(C)C)CCCC3)cc2F)CC1. The first-order valence-corrected chi connectivity index (χ1v) is 11.8. The number of nitrogens with one attached hydrogen (secondary N) is 2.